The first-order valence-corrected chi connectivity index (χ1v) is 10.8. The number of primary amides is 1. The van der Waals surface area contributed by atoms with Crippen molar-refractivity contribution in [2.24, 2.45) is 11.1 Å². The van der Waals surface area contributed by atoms with Crippen LogP contribution in [0.5, 0.6) is 0 Å². The highest BCUT2D eigenvalue weighted by atomic mass is 16.2. The van der Waals surface area contributed by atoms with Gasteiger partial charge in [0.2, 0.25) is 17.7 Å². The van der Waals surface area contributed by atoms with E-state index in [1.165, 1.54) is 5.56 Å². The number of carbonyl (C=O) groups is 3. The Bertz CT molecular complexity index is 768. The van der Waals surface area contributed by atoms with Gasteiger partial charge in [0.1, 0.15) is 0 Å². The van der Waals surface area contributed by atoms with E-state index in [0.29, 0.717) is 38.8 Å². The smallest absolute Gasteiger partial charge is 0.224 e. The Balaban J connectivity index is 1.81. The number of nitrogens with two attached hydrogens (primary N) is 1. The monoisotopic (exact) mass is 399 g/mol. The largest absolute Gasteiger partial charge is 0.369 e. The van der Waals surface area contributed by atoms with Crippen LogP contribution in [0.1, 0.15) is 63.0 Å². The van der Waals surface area contributed by atoms with Crippen LogP contribution in [0.25, 0.3) is 0 Å². The summed E-state index contributed by atoms with van der Waals surface area (Å²) in [5.74, 6) is 0.268. The second-order valence-corrected chi connectivity index (χ2v) is 8.56. The van der Waals surface area contributed by atoms with E-state index in [0.717, 1.165) is 31.5 Å². The summed E-state index contributed by atoms with van der Waals surface area (Å²) in [5, 5.41) is 0. The highest BCUT2D eigenvalue weighted by Crippen LogP contribution is 2.38. The van der Waals surface area contributed by atoms with E-state index in [1.807, 2.05) is 28.9 Å². The van der Waals surface area contributed by atoms with Crippen LogP contribution >= 0.6 is 0 Å². The molecule has 3 amide bonds. The highest BCUT2D eigenvalue weighted by Gasteiger charge is 2.41. The Morgan fingerprint density at radius 1 is 1.10 bits per heavy atom. The molecule has 1 aromatic rings. The minimum absolute atomic E-state index is 0.119. The van der Waals surface area contributed by atoms with Crippen molar-refractivity contribution in [3.8, 4) is 0 Å². The van der Waals surface area contributed by atoms with Gasteiger partial charge in [-0.25, -0.2) is 0 Å². The molecule has 3 rings (SSSR count). The van der Waals surface area contributed by atoms with E-state index >= 15 is 0 Å². The molecular weight excluding hydrogens is 366 g/mol. The van der Waals surface area contributed by atoms with Crippen molar-refractivity contribution in [1.29, 1.82) is 0 Å². The van der Waals surface area contributed by atoms with Gasteiger partial charge < -0.3 is 15.5 Å². The normalized spacial score (nSPS) is 21.7. The zero-order valence-electron chi connectivity index (χ0n) is 17.7. The molecule has 0 bridgehead atoms. The molecule has 1 atom stereocenters. The Morgan fingerprint density at radius 3 is 2.41 bits per heavy atom. The number of likely N-dealkylation sites (tertiary alicyclic amines) is 2. The number of benzene rings is 1. The summed E-state index contributed by atoms with van der Waals surface area (Å²) in [6.07, 6.45) is 4.33. The minimum atomic E-state index is -0.616. The van der Waals surface area contributed by atoms with Crippen molar-refractivity contribution in [2.45, 2.75) is 58.3 Å². The quantitative estimate of drug-likeness (QED) is 0.825. The Hall–Kier alpha value is -2.37. The Labute approximate surface area is 173 Å². The third-order valence-corrected chi connectivity index (χ3v) is 6.79. The molecule has 158 valence electrons. The minimum Gasteiger partial charge on any atom is -0.369 e. The number of amides is 3. The molecule has 2 aliphatic rings. The van der Waals surface area contributed by atoms with Crippen LogP contribution in [0.15, 0.2) is 24.3 Å². The zero-order valence-corrected chi connectivity index (χ0v) is 17.7. The Morgan fingerprint density at radius 2 is 1.79 bits per heavy atom. The number of piperidine rings is 2. The van der Waals surface area contributed by atoms with Crippen molar-refractivity contribution >= 4 is 17.7 Å². The molecule has 2 N–H and O–H groups in total. The third kappa shape index (κ3) is 4.62. The molecule has 2 fully saturated rings. The lowest BCUT2D eigenvalue weighted by Crippen LogP contribution is -2.50. The average Bonchev–Trinajstić information content (AvgIpc) is 2.74. The lowest BCUT2D eigenvalue weighted by Gasteiger charge is -2.40. The van der Waals surface area contributed by atoms with Crippen LogP contribution in [-0.4, -0.2) is 53.7 Å². The molecular formula is C23H33N3O3. The van der Waals surface area contributed by atoms with Crippen LogP contribution in [0.2, 0.25) is 0 Å². The van der Waals surface area contributed by atoms with Crippen molar-refractivity contribution in [3.63, 3.8) is 0 Å². The predicted molar refractivity (Wildman–Crippen MR) is 112 cm³/mol. The number of rotatable bonds is 5. The average molecular weight is 400 g/mol. The summed E-state index contributed by atoms with van der Waals surface area (Å²) < 4.78 is 0. The van der Waals surface area contributed by atoms with E-state index in [9.17, 15) is 14.4 Å². The standard InChI is InChI=1S/C23H33N3O3/c1-3-21(28)25-13-10-23(11-14-25,22(24)29)15-18-7-4-5-9-20(18)19-8-6-12-26(16-19)17(2)27/h4-5,7,9,19H,3,6,8,10-16H2,1-2H3,(H2,24,29)/t19-/m0/s1. The third-order valence-electron chi connectivity index (χ3n) is 6.79. The van der Waals surface area contributed by atoms with E-state index in [2.05, 4.69) is 12.1 Å². The first kappa shape index (κ1) is 21.3. The van der Waals surface area contributed by atoms with Gasteiger partial charge in [-0.1, -0.05) is 31.2 Å². The summed E-state index contributed by atoms with van der Waals surface area (Å²) in [6, 6.07) is 8.27. The Kier molecular flexibility index (Phi) is 6.60. The van der Waals surface area contributed by atoms with Gasteiger partial charge in [-0.3, -0.25) is 14.4 Å². The lowest BCUT2D eigenvalue weighted by atomic mass is 9.71. The summed E-state index contributed by atoms with van der Waals surface area (Å²) in [6.45, 7) is 6.21. The topological polar surface area (TPSA) is 83.7 Å². The van der Waals surface area contributed by atoms with Crippen molar-refractivity contribution in [3.05, 3.63) is 35.4 Å². The fraction of sp³-hybridized carbons (Fsp3) is 0.609. The van der Waals surface area contributed by atoms with Gasteiger partial charge >= 0.3 is 0 Å². The van der Waals surface area contributed by atoms with Crippen LogP contribution in [0.4, 0.5) is 0 Å². The van der Waals surface area contributed by atoms with Crippen LogP contribution in [0.3, 0.4) is 0 Å². The van der Waals surface area contributed by atoms with Gasteiger partial charge in [0.15, 0.2) is 0 Å². The molecule has 0 radical (unpaired) electrons. The molecule has 0 spiro atoms. The summed E-state index contributed by atoms with van der Waals surface area (Å²) in [7, 11) is 0. The molecule has 1 aromatic carbocycles. The highest BCUT2D eigenvalue weighted by molar-refractivity contribution is 5.82. The fourth-order valence-corrected chi connectivity index (χ4v) is 4.89. The lowest BCUT2D eigenvalue weighted by molar-refractivity contribution is -0.138. The maximum atomic E-state index is 12.5. The predicted octanol–water partition coefficient (Wildman–Crippen LogP) is 2.46. The van der Waals surface area contributed by atoms with Gasteiger partial charge in [0, 0.05) is 45.4 Å². The van der Waals surface area contributed by atoms with E-state index in [4.69, 9.17) is 5.73 Å². The van der Waals surface area contributed by atoms with Crippen LogP contribution < -0.4 is 5.73 Å². The van der Waals surface area contributed by atoms with E-state index in [1.54, 1.807) is 6.92 Å². The fourth-order valence-electron chi connectivity index (χ4n) is 4.89. The summed E-state index contributed by atoms with van der Waals surface area (Å²) in [5.41, 5.74) is 7.66. The first-order chi connectivity index (χ1) is 13.9. The van der Waals surface area contributed by atoms with Gasteiger partial charge in [-0.05, 0) is 43.2 Å². The number of hydrogen-bond acceptors (Lipinski definition) is 3. The molecule has 6 heteroatoms. The first-order valence-electron chi connectivity index (χ1n) is 10.8. The summed E-state index contributed by atoms with van der Waals surface area (Å²) in [4.78, 5) is 40.2. The maximum Gasteiger partial charge on any atom is 0.224 e. The van der Waals surface area contributed by atoms with Gasteiger partial charge in [0.05, 0.1) is 5.41 Å². The second kappa shape index (κ2) is 8.97. The molecule has 2 heterocycles. The zero-order chi connectivity index (χ0) is 21.0. The van der Waals surface area contributed by atoms with Crippen LogP contribution in [-0.2, 0) is 20.8 Å². The molecule has 29 heavy (non-hydrogen) atoms. The molecule has 0 saturated carbocycles. The van der Waals surface area contributed by atoms with Gasteiger partial charge in [-0.15, -0.1) is 0 Å². The van der Waals surface area contributed by atoms with Gasteiger partial charge in [-0.2, -0.15) is 0 Å². The number of nitrogens with zero attached hydrogens (tertiary/aromatic N) is 2. The van der Waals surface area contributed by atoms with Crippen molar-refractivity contribution in [1.82, 2.24) is 9.80 Å². The van der Waals surface area contributed by atoms with Crippen molar-refractivity contribution < 1.29 is 14.4 Å². The molecule has 2 aliphatic heterocycles. The molecule has 2 saturated heterocycles. The molecule has 0 aromatic heterocycles. The van der Waals surface area contributed by atoms with Crippen molar-refractivity contribution in [2.75, 3.05) is 26.2 Å². The number of carbonyl (C=O) groups excluding carboxylic acids is 3. The van der Waals surface area contributed by atoms with Crippen LogP contribution in [0, 0.1) is 5.41 Å². The SMILES string of the molecule is CCC(=O)N1CCC(Cc2ccccc2[C@H]2CCCN(C(C)=O)C2)(C(N)=O)CC1. The maximum absolute atomic E-state index is 12.5. The molecule has 6 nitrogen and oxygen atoms in total. The summed E-state index contributed by atoms with van der Waals surface area (Å²) >= 11 is 0. The number of hydrogen-bond donors (Lipinski definition) is 1. The van der Waals surface area contributed by atoms with E-state index in [-0.39, 0.29) is 23.6 Å². The van der Waals surface area contributed by atoms with E-state index < -0.39 is 5.41 Å². The molecule has 0 unspecified atom stereocenters. The second-order valence-electron chi connectivity index (χ2n) is 8.56. The van der Waals surface area contributed by atoms with Gasteiger partial charge in [0.25, 0.3) is 0 Å². The molecule has 0 aliphatic carbocycles.